The number of aliphatic hydroxyl groups is 1. The molecule has 1 saturated heterocycles. The third kappa shape index (κ3) is 22.7. The zero-order chi connectivity index (χ0) is 82.8. The Hall–Kier alpha value is -14.4. The van der Waals surface area contributed by atoms with Crippen molar-refractivity contribution in [2.75, 3.05) is 50.2 Å². The van der Waals surface area contributed by atoms with Gasteiger partial charge < -0.3 is 46.2 Å². The molecule has 17 aromatic rings. The first-order valence-electron chi connectivity index (χ1n) is 36.2. The minimum atomic E-state index is -0.850. The lowest BCUT2D eigenvalue weighted by Gasteiger charge is -2.20. The molecule has 4 aromatic carbocycles. The number of anilines is 3. The molecule has 7 N–H and O–H groups in total. The first kappa shape index (κ1) is 83.0. The Morgan fingerprint density at radius 1 is 0.551 bits per heavy atom. The summed E-state index contributed by atoms with van der Waals surface area (Å²) >= 11 is 8.82. The maximum Gasteiger partial charge on any atom is 0.250 e. The number of hydrogen-bond donors (Lipinski definition) is 4. The molecule has 1 aliphatic rings. The molecule has 0 aliphatic carbocycles. The van der Waals surface area contributed by atoms with Gasteiger partial charge in [0.25, 0.3) is 17.3 Å². The summed E-state index contributed by atoms with van der Waals surface area (Å²) in [7, 11) is 0. The van der Waals surface area contributed by atoms with Gasteiger partial charge in [0.05, 0.1) is 133 Å². The van der Waals surface area contributed by atoms with E-state index in [-0.39, 0.29) is 36.8 Å². The molecule has 18 rings (SSSR count). The Kier molecular flexibility index (Phi) is 28.5. The number of fused-ring (bicyclic) bond motifs is 7. The van der Waals surface area contributed by atoms with Crippen LogP contribution in [-0.2, 0) is 55.3 Å². The smallest absolute Gasteiger partial charge is 0.250 e. The van der Waals surface area contributed by atoms with Gasteiger partial charge in [-0.05, 0) is 138 Å². The van der Waals surface area contributed by atoms with Gasteiger partial charge in [0, 0.05) is 72.5 Å². The van der Waals surface area contributed by atoms with Crippen LogP contribution in [-0.4, -0.2) is 186 Å². The molecule has 596 valence electrons. The fourth-order valence-electron chi connectivity index (χ4n) is 11.3. The van der Waals surface area contributed by atoms with E-state index in [1.54, 1.807) is 70.0 Å². The number of oxime groups is 1. The molecule has 14 heterocycles. The van der Waals surface area contributed by atoms with Crippen LogP contribution in [0.3, 0.4) is 0 Å². The van der Waals surface area contributed by atoms with E-state index in [0.29, 0.717) is 102 Å². The highest BCUT2D eigenvalue weighted by atomic mass is 79.9. The van der Waals surface area contributed by atoms with Gasteiger partial charge in [-0.15, -0.1) is 37.1 Å². The van der Waals surface area contributed by atoms with E-state index in [2.05, 4.69) is 175 Å². The predicted molar refractivity (Wildman–Crippen MR) is 443 cm³/mol. The predicted octanol–water partition coefficient (Wildman–Crippen LogP) is 9.66. The summed E-state index contributed by atoms with van der Waals surface area (Å²) in [5.74, 6) is 1.62. The number of hydrogen-bond acceptors (Lipinski definition) is 33. The summed E-state index contributed by atoms with van der Waals surface area (Å²) in [6.07, 6.45) is 26.5. The average Bonchev–Trinajstić information content (AvgIpc) is 1.63. The lowest BCUT2D eigenvalue weighted by atomic mass is 10.1. The number of aromatic nitrogens is 25. The fraction of sp³-hybridized carbons (Fsp3) is 0.188. The number of carbonyl (C=O) groups is 2. The molecule has 38 heteroatoms. The van der Waals surface area contributed by atoms with Crippen molar-refractivity contribution < 1.29 is 33.7 Å². The zero-order valence-corrected chi connectivity index (χ0v) is 66.2. The Morgan fingerprint density at radius 2 is 0.992 bits per heavy atom. The maximum absolute atomic E-state index is 11.5. The SMILES string of the molecule is C/C(=N\OCCO)c1cnc2ncc(Cc3ccc4ncccc4c3)n2n1.C=C(OCC)c1cnc(N)nn1.CC(=O)c1cnc2ncc(Cc3ccc4ncccc4c3)n2n1.CC1(c2cnc3ncc(Cc4ccc5ncccc5c4)n3n2)OCCO1.Nc1ncc(Br)nn1.Nc1nccnn1.O=CC(Cl)Cc1ccc2ncccc2c1. The van der Waals surface area contributed by atoms with Gasteiger partial charge >= 0.3 is 0 Å². The van der Waals surface area contributed by atoms with E-state index in [9.17, 15) is 9.59 Å². The largest absolute Gasteiger partial charge is 0.492 e. The molecule has 0 spiro atoms. The van der Waals surface area contributed by atoms with E-state index in [0.717, 1.165) is 83.7 Å². The molecule has 1 unspecified atom stereocenters. The Labute approximate surface area is 685 Å². The van der Waals surface area contributed by atoms with Crippen molar-refractivity contribution in [2.45, 2.75) is 64.5 Å². The second kappa shape index (κ2) is 40.6. The number of alkyl halides is 1. The highest BCUT2D eigenvalue weighted by molar-refractivity contribution is 9.10. The molecule has 13 aromatic heterocycles. The number of ketones is 1. The molecule has 0 radical (unpaired) electrons. The highest BCUT2D eigenvalue weighted by Gasteiger charge is 2.36. The number of ether oxygens (including phenoxy) is 3. The number of carbonyl (C=O) groups excluding carboxylic acids is 2. The fourth-order valence-corrected chi connectivity index (χ4v) is 11.7. The molecule has 1 fully saturated rings. The zero-order valence-electron chi connectivity index (χ0n) is 63.9. The van der Waals surface area contributed by atoms with Crippen molar-refractivity contribution in [3.63, 3.8) is 0 Å². The van der Waals surface area contributed by atoms with Crippen LogP contribution in [0.15, 0.2) is 224 Å². The van der Waals surface area contributed by atoms with Gasteiger partial charge in [-0.2, -0.15) is 20.4 Å². The van der Waals surface area contributed by atoms with E-state index in [1.807, 2.05) is 105 Å². The van der Waals surface area contributed by atoms with Crippen LogP contribution < -0.4 is 17.2 Å². The molecular formula is C80H75BrClN29O7. The number of rotatable bonds is 18. The summed E-state index contributed by atoms with van der Waals surface area (Å²) in [6.45, 7) is 12.3. The second-order valence-corrected chi connectivity index (χ2v) is 26.8. The van der Waals surface area contributed by atoms with Crippen molar-refractivity contribution in [2.24, 2.45) is 5.16 Å². The number of halogens is 2. The van der Waals surface area contributed by atoms with E-state index in [1.165, 1.54) is 43.5 Å². The van der Waals surface area contributed by atoms with Crippen LogP contribution in [0.1, 0.15) is 94.6 Å². The van der Waals surface area contributed by atoms with Crippen molar-refractivity contribution >= 4 is 130 Å². The molecule has 1 aliphatic heterocycles. The van der Waals surface area contributed by atoms with Crippen LogP contribution >= 0.6 is 27.5 Å². The summed E-state index contributed by atoms with van der Waals surface area (Å²) < 4.78 is 22.2. The lowest BCUT2D eigenvalue weighted by Crippen LogP contribution is -2.25. The monoisotopic (exact) mass is 1670 g/mol. The summed E-state index contributed by atoms with van der Waals surface area (Å²) in [6, 6.07) is 40.3. The number of aliphatic hydroxyl groups excluding tert-OH is 1. The third-order valence-corrected chi connectivity index (χ3v) is 17.6. The Morgan fingerprint density at radius 3 is 1.42 bits per heavy atom. The van der Waals surface area contributed by atoms with Crippen molar-refractivity contribution in [3.05, 3.63) is 281 Å². The lowest BCUT2D eigenvalue weighted by molar-refractivity contribution is -0.153. The van der Waals surface area contributed by atoms with Crippen LogP contribution in [0, 0.1) is 0 Å². The van der Waals surface area contributed by atoms with Crippen molar-refractivity contribution in [1.82, 2.24) is 124 Å². The molecule has 36 nitrogen and oxygen atoms in total. The number of pyridine rings is 4. The maximum atomic E-state index is 11.5. The number of benzene rings is 4. The number of nitrogens with two attached hydrogens (primary N) is 3. The van der Waals surface area contributed by atoms with E-state index < -0.39 is 11.2 Å². The van der Waals surface area contributed by atoms with Crippen molar-refractivity contribution in [1.29, 1.82) is 0 Å². The minimum absolute atomic E-state index is 0.0888. The van der Waals surface area contributed by atoms with Gasteiger partial charge in [-0.25, -0.2) is 58.4 Å². The topological polar surface area (TPSA) is 479 Å². The number of Topliss-reactive ketones (excluding diaryl/α,β-unsaturated/α-hetero) is 1. The van der Waals surface area contributed by atoms with Crippen LogP contribution in [0.4, 0.5) is 17.8 Å². The Balaban J connectivity index is 0.000000132. The van der Waals surface area contributed by atoms with Crippen LogP contribution in [0.5, 0.6) is 0 Å². The Bertz CT molecular complexity index is 6270. The van der Waals surface area contributed by atoms with Crippen LogP contribution in [0.2, 0.25) is 0 Å². The molecule has 1 atom stereocenters. The average molecular weight is 1670 g/mol. The standard InChI is InChI=1S/C19H18N6O2.C19H17N5O2.C17H13N5O.C12H10ClNO.C7H10N4O.C3H3BrN4.C3H4N4/c1-13(24-27-8-7-26)18-12-22-19-21-11-16(25(19)23-18)10-14-4-5-17-15(9-14)3-2-6-20-17;1-19(25-7-8-26-19)17-12-22-18-21-11-15(24(18)23-17)10-13-4-5-16-14(9-13)3-2-6-20-16;1-11(23)16-10-20-17-19-9-14(22(17)21-16)8-12-4-5-15-13(7-12)3-2-6-18-15;13-11(8-15)7-9-3-4-12-10(6-9)2-1-5-14-12;1-3-12-5(2)6-4-9-7(8)11-10-6;4-2-1-6-3(5)8-7-2;4-3-5-1-2-6-7-3/h2-6,9,11-12,26H,7-8,10H2,1H3;2-6,9,11-12H,7-8,10H2,1H3;2-7,9-10H,8H2,1H3;1-6,8,11H,7H2;4H,2-3H2,1H3,(H2,8,9,11);1H,(H2,5,6,8);1-2H,(H2,4,5,7)/b24-13+;;;;;;. The number of aldehydes is 1. The molecule has 0 bridgehead atoms. The summed E-state index contributed by atoms with van der Waals surface area (Å²) in [5.41, 5.74) is 29.2. The molecule has 118 heavy (non-hydrogen) atoms. The quantitative estimate of drug-likeness (QED) is 0.0118. The third-order valence-electron chi connectivity index (χ3n) is 17.0. The van der Waals surface area contributed by atoms with Crippen molar-refractivity contribution in [3.8, 4) is 0 Å². The van der Waals surface area contributed by atoms with E-state index >= 15 is 0 Å². The first-order valence-corrected chi connectivity index (χ1v) is 37.5. The van der Waals surface area contributed by atoms with Gasteiger partial charge in [-0.1, -0.05) is 60.3 Å². The molecule has 0 amide bonds. The van der Waals surface area contributed by atoms with Crippen LogP contribution in [0.25, 0.3) is 66.7 Å². The summed E-state index contributed by atoms with van der Waals surface area (Å²) in [4.78, 5) is 81.0. The van der Waals surface area contributed by atoms with Gasteiger partial charge in [-0.3, -0.25) is 24.7 Å². The minimum Gasteiger partial charge on any atom is -0.492 e. The van der Waals surface area contributed by atoms with E-state index in [4.69, 9.17) is 53.0 Å². The number of nitrogen functional groups attached to an aromatic ring is 3. The summed E-state index contributed by atoms with van der Waals surface area (Å²) in [5, 5.41) is 51.4. The number of imidazole rings is 3. The normalized spacial score (nSPS) is 12.2. The van der Waals surface area contributed by atoms with Gasteiger partial charge in [0.15, 0.2) is 5.78 Å². The molecular weight excluding hydrogens is 1590 g/mol. The van der Waals surface area contributed by atoms with Gasteiger partial charge in [0.1, 0.15) is 51.7 Å². The van der Waals surface area contributed by atoms with Gasteiger partial charge in [0.2, 0.25) is 23.6 Å². The molecule has 0 saturated carbocycles. The first-order chi connectivity index (χ1) is 57.4. The second-order valence-electron chi connectivity index (χ2n) is 25.5. The highest BCUT2D eigenvalue weighted by Crippen LogP contribution is 2.30. The number of nitrogens with zero attached hydrogens (tertiary/aromatic N) is 26.